The first-order valence-corrected chi connectivity index (χ1v) is 6.78. The second kappa shape index (κ2) is 5.65. The van der Waals surface area contributed by atoms with Crippen molar-refractivity contribution in [2.24, 2.45) is 5.73 Å². The number of imide groups is 1. The molecule has 1 aromatic carbocycles. The molecule has 6 nitrogen and oxygen atoms in total. The van der Waals surface area contributed by atoms with Crippen LogP contribution in [-0.2, 0) is 14.4 Å². The van der Waals surface area contributed by atoms with Crippen LogP contribution in [0.1, 0.15) is 25.3 Å². The summed E-state index contributed by atoms with van der Waals surface area (Å²) in [5, 5.41) is 2.25. The number of hydrogen-bond donors (Lipinski definition) is 2. The molecule has 1 aliphatic heterocycles. The van der Waals surface area contributed by atoms with E-state index in [2.05, 4.69) is 5.32 Å². The third-order valence-electron chi connectivity index (χ3n) is 3.79. The van der Waals surface area contributed by atoms with Gasteiger partial charge in [0.2, 0.25) is 11.8 Å². The van der Waals surface area contributed by atoms with Gasteiger partial charge < -0.3 is 10.6 Å². The molecule has 0 radical (unpaired) electrons. The molecular formula is C15H19N3O3. The molecule has 0 aromatic heterocycles. The monoisotopic (exact) mass is 289 g/mol. The Morgan fingerprint density at radius 2 is 1.95 bits per heavy atom. The van der Waals surface area contributed by atoms with E-state index in [0.717, 1.165) is 5.56 Å². The summed E-state index contributed by atoms with van der Waals surface area (Å²) in [6.45, 7) is 3.21. The van der Waals surface area contributed by atoms with E-state index in [1.807, 2.05) is 30.3 Å². The van der Waals surface area contributed by atoms with Gasteiger partial charge in [0.1, 0.15) is 12.1 Å². The molecule has 1 unspecified atom stereocenters. The number of piperazine rings is 1. The number of hydrogen-bond acceptors (Lipinski definition) is 4. The summed E-state index contributed by atoms with van der Waals surface area (Å²) in [6.07, 6.45) is 0. The van der Waals surface area contributed by atoms with Crippen molar-refractivity contribution in [2.75, 3.05) is 13.1 Å². The highest BCUT2D eigenvalue weighted by atomic mass is 16.2. The molecule has 1 fully saturated rings. The smallest absolute Gasteiger partial charge is 0.252 e. The summed E-state index contributed by atoms with van der Waals surface area (Å²) in [7, 11) is 0. The Morgan fingerprint density at radius 1 is 1.33 bits per heavy atom. The van der Waals surface area contributed by atoms with Crippen LogP contribution in [0.15, 0.2) is 30.3 Å². The number of carbonyl (C=O) groups is 3. The Labute approximate surface area is 123 Å². The van der Waals surface area contributed by atoms with Crippen molar-refractivity contribution in [1.29, 1.82) is 0 Å². The third kappa shape index (κ3) is 2.80. The van der Waals surface area contributed by atoms with Gasteiger partial charge in [0.05, 0.1) is 5.92 Å². The summed E-state index contributed by atoms with van der Waals surface area (Å²) in [4.78, 5) is 37.6. The van der Waals surface area contributed by atoms with E-state index in [1.54, 1.807) is 13.8 Å². The summed E-state index contributed by atoms with van der Waals surface area (Å²) in [5.41, 5.74) is 5.44. The molecule has 21 heavy (non-hydrogen) atoms. The van der Waals surface area contributed by atoms with Gasteiger partial charge in [-0.1, -0.05) is 30.3 Å². The van der Waals surface area contributed by atoms with Crippen LogP contribution in [0.2, 0.25) is 0 Å². The van der Waals surface area contributed by atoms with Crippen molar-refractivity contribution in [3.8, 4) is 0 Å². The standard InChI is InChI=1S/C15H19N3O3/c1-15(2)14(21)17-12(19)9-18(15)13(20)11(8-16)10-6-4-3-5-7-10/h3-7,11H,8-9,16H2,1-2H3,(H,17,19,21). The molecule has 1 atom stereocenters. The highest BCUT2D eigenvalue weighted by Gasteiger charge is 2.45. The van der Waals surface area contributed by atoms with Crippen molar-refractivity contribution >= 4 is 17.7 Å². The minimum absolute atomic E-state index is 0.116. The number of nitrogens with zero attached hydrogens (tertiary/aromatic N) is 1. The highest BCUT2D eigenvalue weighted by Crippen LogP contribution is 2.25. The molecule has 1 aromatic rings. The van der Waals surface area contributed by atoms with Gasteiger partial charge in [-0.2, -0.15) is 0 Å². The average Bonchev–Trinajstić information content (AvgIpc) is 2.45. The Morgan fingerprint density at radius 3 is 2.52 bits per heavy atom. The molecule has 112 valence electrons. The van der Waals surface area contributed by atoms with Gasteiger partial charge in [0.15, 0.2) is 0 Å². The maximum Gasteiger partial charge on any atom is 0.252 e. The quantitative estimate of drug-likeness (QED) is 0.766. The van der Waals surface area contributed by atoms with E-state index in [9.17, 15) is 14.4 Å². The second-order valence-electron chi connectivity index (χ2n) is 5.56. The zero-order valence-corrected chi connectivity index (χ0v) is 12.1. The molecule has 1 heterocycles. The van der Waals surface area contributed by atoms with Gasteiger partial charge in [-0.3, -0.25) is 19.7 Å². The van der Waals surface area contributed by atoms with Crippen molar-refractivity contribution in [3.05, 3.63) is 35.9 Å². The molecule has 2 rings (SSSR count). The van der Waals surface area contributed by atoms with Crippen molar-refractivity contribution < 1.29 is 14.4 Å². The van der Waals surface area contributed by atoms with Crippen molar-refractivity contribution in [3.63, 3.8) is 0 Å². The van der Waals surface area contributed by atoms with Crippen LogP contribution in [0, 0.1) is 0 Å². The topological polar surface area (TPSA) is 92.5 Å². The Bertz CT molecular complexity index is 569. The molecule has 1 saturated heterocycles. The lowest BCUT2D eigenvalue weighted by atomic mass is 9.92. The Balaban J connectivity index is 2.32. The fourth-order valence-corrected chi connectivity index (χ4v) is 2.39. The molecule has 3 amide bonds. The summed E-state index contributed by atoms with van der Waals surface area (Å²) >= 11 is 0. The summed E-state index contributed by atoms with van der Waals surface area (Å²) in [6, 6.07) is 9.13. The lowest BCUT2D eigenvalue weighted by Gasteiger charge is -2.41. The fourth-order valence-electron chi connectivity index (χ4n) is 2.39. The number of nitrogens with two attached hydrogens (primary N) is 1. The summed E-state index contributed by atoms with van der Waals surface area (Å²) < 4.78 is 0. The van der Waals surface area contributed by atoms with Crippen molar-refractivity contribution in [1.82, 2.24) is 10.2 Å². The number of nitrogens with one attached hydrogen (secondary N) is 1. The minimum atomic E-state index is -1.08. The Kier molecular flexibility index (Phi) is 4.09. The van der Waals surface area contributed by atoms with Gasteiger partial charge in [0.25, 0.3) is 5.91 Å². The Hall–Kier alpha value is -2.21. The van der Waals surface area contributed by atoms with Gasteiger partial charge in [-0.15, -0.1) is 0 Å². The van der Waals surface area contributed by atoms with E-state index in [0.29, 0.717) is 0 Å². The zero-order chi connectivity index (χ0) is 15.6. The normalized spacial score (nSPS) is 19.1. The van der Waals surface area contributed by atoms with E-state index in [1.165, 1.54) is 4.90 Å². The number of amides is 3. The van der Waals surface area contributed by atoms with Gasteiger partial charge in [-0.05, 0) is 19.4 Å². The molecule has 0 spiro atoms. The van der Waals surface area contributed by atoms with Crippen LogP contribution in [0.5, 0.6) is 0 Å². The van der Waals surface area contributed by atoms with E-state index < -0.39 is 23.3 Å². The lowest BCUT2D eigenvalue weighted by Crippen LogP contribution is -2.66. The van der Waals surface area contributed by atoms with E-state index in [4.69, 9.17) is 5.73 Å². The first-order chi connectivity index (χ1) is 9.87. The van der Waals surface area contributed by atoms with Crippen LogP contribution in [0.25, 0.3) is 0 Å². The SMILES string of the molecule is CC1(C)C(=O)NC(=O)CN1C(=O)C(CN)c1ccccc1. The van der Waals surface area contributed by atoms with Gasteiger partial charge >= 0.3 is 0 Å². The zero-order valence-electron chi connectivity index (χ0n) is 12.1. The van der Waals surface area contributed by atoms with Crippen molar-refractivity contribution in [2.45, 2.75) is 25.3 Å². The van der Waals surface area contributed by atoms with Gasteiger partial charge in [-0.25, -0.2) is 0 Å². The van der Waals surface area contributed by atoms with Crippen LogP contribution in [0.4, 0.5) is 0 Å². The maximum absolute atomic E-state index is 12.8. The summed E-state index contributed by atoms with van der Waals surface area (Å²) in [5.74, 6) is -1.83. The first kappa shape index (κ1) is 15.2. The molecule has 0 bridgehead atoms. The minimum Gasteiger partial charge on any atom is -0.329 e. The molecule has 1 aliphatic rings. The van der Waals surface area contributed by atoms with Crippen LogP contribution >= 0.6 is 0 Å². The first-order valence-electron chi connectivity index (χ1n) is 6.78. The fraction of sp³-hybridized carbons (Fsp3) is 0.400. The number of rotatable bonds is 3. The second-order valence-corrected chi connectivity index (χ2v) is 5.56. The molecule has 6 heteroatoms. The van der Waals surface area contributed by atoms with E-state index >= 15 is 0 Å². The predicted molar refractivity (Wildman–Crippen MR) is 77.2 cm³/mol. The predicted octanol–water partition coefficient (Wildman–Crippen LogP) is -0.00750. The molecule has 0 saturated carbocycles. The maximum atomic E-state index is 12.8. The van der Waals surface area contributed by atoms with E-state index in [-0.39, 0.29) is 19.0 Å². The average molecular weight is 289 g/mol. The van der Waals surface area contributed by atoms with Crippen LogP contribution in [0.3, 0.4) is 0 Å². The number of carbonyl (C=O) groups excluding carboxylic acids is 3. The largest absolute Gasteiger partial charge is 0.329 e. The number of benzene rings is 1. The lowest BCUT2D eigenvalue weighted by molar-refractivity contribution is -0.156. The molecular weight excluding hydrogens is 270 g/mol. The molecule has 0 aliphatic carbocycles. The van der Waals surface area contributed by atoms with Crippen LogP contribution < -0.4 is 11.1 Å². The highest BCUT2D eigenvalue weighted by molar-refractivity contribution is 6.06. The van der Waals surface area contributed by atoms with Crippen LogP contribution in [-0.4, -0.2) is 41.2 Å². The molecule has 3 N–H and O–H groups in total. The van der Waals surface area contributed by atoms with Gasteiger partial charge in [0, 0.05) is 6.54 Å². The third-order valence-corrected chi connectivity index (χ3v) is 3.79.